The summed E-state index contributed by atoms with van der Waals surface area (Å²) in [5.74, 6) is 0. The summed E-state index contributed by atoms with van der Waals surface area (Å²) in [5.41, 5.74) is 0. The lowest BCUT2D eigenvalue weighted by molar-refractivity contribution is -0.133. The van der Waals surface area contributed by atoms with E-state index < -0.39 is 6.10 Å². The van der Waals surface area contributed by atoms with Crippen molar-refractivity contribution in [1.29, 1.82) is 0 Å². The minimum absolute atomic E-state index is 0.241. The molecule has 0 saturated heterocycles. The molecule has 5 nitrogen and oxygen atoms in total. The first-order chi connectivity index (χ1) is 7.24. The Morgan fingerprint density at radius 2 is 1.73 bits per heavy atom. The second-order valence-electron chi connectivity index (χ2n) is 3.11. The van der Waals surface area contributed by atoms with Crippen LogP contribution in [0.1, 0.15) is 13.8 Å². The lowest BCUT2D eigenvalue weighted by Crippen LogP contribution is -2.37. The van der Waals surface area contributed by atoms with Gasteiger partial charge in [0, 0.05) is 33.4 Å². The monoisotopic (exact) mass is 221 g/mol. The van der Waals surface area contributed by atoms with Gasteiger partial charge in [-0.2, -0.15) is 0 Å². The SMILES string of the molecule is CCOC(CNCC(O)COC)OCC. The van der Waals surface area contributed by atoms with Crippen molar-refractivity contribution < 1.29 is 19.3 Å². The second kappa shape index (κ2) is 10.3. The molecule has 92 valence electrons. The smallest absolute Gasteiger partial charge is 0.169 e. The lowest BCUT2D eigenvalue weighted by atomic mass is 10.4. The van der Waals surface area contributed by atoms with Crippen LogP contribution in [0.3, 0.4) is 0 Å². The summed E-state index contributed by atoms with van der Waals surface area (Å²) < 4.78 is 15.5. The Labute approximate surface area is 91.7 Å². The molecule has 0 bridgehead atoms. The standard InChI is InChI=1S/C10H23NO4/c1-4-14-10(15-5-2)7-11-6-9(12)8-13-3/h9-12H,4-8H2,1-3H3. The van der Waals surface area contributed by atoms with Gasteiger partial charge in [0.2, 0.25) is 0 Å². The molecule has 5 heteroatoms. The van der Waals surface area contributed by atoms with E-state index in [2.05, 4.69) is 5.32 Å². The summed E-state index contributed by atoms with van der Waals surface area (Å²) >= 11 is 0. The van der Waals surface area contributed by atoms with E-state index in [4.69, 9.17) is 14.2 Å². The fourth-order valence-electron chi connectivity index (χ4n) is 1.16. The number of nitrogens with one attached hydrogen (secondary N) is 1. The Morgan fingerprint density at radius 1 is 1.13 bits per heavy atom. The molecule has 0 aromatic rings. The molecule has 0 saturated carbocycles. The molecular weight excluding hydrogens is 198 g/mol. The zero-order valence-electron chi connectivity index (χ0n) is 9.86. The predicted octanol–water partition coefficient (Wildman–Crippen LogP) is -0.0176. The van der Waals surface area contributed by atoms with E-state index in [1.165, 1.54) is 0 Å². The van der Waals surface area contributed by atoms with Crippen molar-refractivity contribution in [2.45, 2.75) is 26.2 Å². The Morgan fingerprint density at radius 3 is 2.20 bits per heavy atom. The minimum atomic E-state index is -0.487. The molecule has 1 atom stereocenters. The fraction of sp³-hybridized carbons (Fsp3) is 1.00. The van der Waals surface area contributed by atoms with E-state index in [0.29, 0.717) is 32.9 Å². The van der Waals surface area contributed by atoms with E-state index >= 15 is 0 Å². The highest BCUT2D eigenvalue weighted by molar-refractivity contribution is 4.59. The average molecular weight is 221 g/mol. The summed E-state index contributed by atoms with van der Waals surface area (Å²) in [4.78, 5) is 0. The number of hydrogen-bond donors (Lipinski definition) is 2. The molecule has 0 aliphatic rings. The Hall–Kier alpha value is -0.200. The third kappa shape index (κ3) is 8.77. The number of rotatable bonds is 10. The summed E-state index contributed by atoms with van der Waals surface area (Å²) in [6.45, 7) is 6.46. The highest BCUT2D eigenvalue weighted by Crippen LogP contribution is 1.93. The minimum Gasteiger partial charge on any atom is -0.389 e. The zero-order valence-corrected chi connectivity index (χ0v) is 9.86. The molecule has 0 fully saturated rings. The van der Waals surface area contributed by atoms with Gasteiger partial charge in [0.05, 0.1) is 12.7 Å². The number of aliphatic hydroxyl groups excluding tert-OH is 1. The van der Waals surface area contributed by atoms with Crippen molar-refractivity contribution in [3.63, 3.8) is 0 Å². The summed E-state index contributed by atoms with van der Waals surface area (Å²) in [5, 5.41) is 12.4. The van der Waals surface area contributed by atoms with Gasteiger partial charge in [0.15, 0.2) is 6.29 Å². The number of hydrogen-bond acceptors (Lipinski definition) is 5. The van der Waals surface area contributed by atoms with Crippen LogP contribution in [-0.4, -0.2) is 57.5 Å². The quantitative estimate of drug-likeness (QED) is 0.508. The van der Waals surface area contributed by atoms with E-state index in [0.717, 1.165) is 0 Å². The van der Waals surface area contributed by atoms with Crippen molar-refractivity contribution in [3.8, 4) is 0 Å². The van der Waals surface area contributed by atoms with Gasteiger partial charge in [-0.05, 0) is 13.8 Å². The molecule has 0 radical (unpaired) electrons. The van der Waals surface area contributed by atoms with Crippen LogP contribution < -0.4 is 5.32 Å². The first kappa shape index (κ1) is 14.8. The first-order valence-corrected chi connectivity index (χ1v) is 5.35. The van der Waals surface area contributed by atoms with Gasteiger partial charge in [-0.25, -0.2) is 0 Å². The summed E-state index contributed by atoms with van der Waals surface area (Å²) in [6, 6.07) is 0. The van der Waals surface area contributed by atoms with Crippen molar-refractivity contribution >= 4 is 0 Å². The van der Waals surface area contributed by atoms with Gasteiger partial charge in [-0.15, -0.1) is 0 Å². The summed E-state index contributed by atoms with van der Waals surface area (Å²) in [6.07, 6.45) is -0.728. The Bertz CT molecular complexity index is 129. The van der Waals surface area contributed by atoms with Crippen LogP contribution in [0.15, 0.2) is 0 Å². The van der Waals surface area contributed by atoms with Crippen LogP contribution in [0.5, 0.6) is 0 Å². The molecule has 0 rings (SSSR count). The molecule has 2 N–H and O–H groups in total. The molecule has 0 aliphatic carbocycles. The lowest BCUT2D eigenvalue weighted by Gasteiger charge is -2.18. The third-order valence-electron chi connectivity index (χ3n) is 1.76. The molecule has 0 aromatic carbocycles. The van der Waals surface area contributed by atoms with Crippen LogP contribution in [0.25, 0.3) is 0 Å². The van der Waals surface area contributed by atoms with E-state index in [-0.39, 0.29) is 6.29 Å². The first-order valence-electron chi connectivity index (χ1n) is 5.35. The maximum atomic E-state index is 9.35. The van der Waals surface area contributed by atoms with E-state index in [1.54, 1.807) is 7.11 Å². The van der Waals surface area contributed by atoms with Crippen LogP contribution in [-0.2, 0) is 14.2 Å². The van der Waals surface area contributed by atoms with Crippen LogP contribution in [0, 0.1) is 0 Å². The second-order valence-corrected chi connectivity index (χ2v) is 3.11. The van der Waals surface area contributed by atoms with Gasteiger partial charge in [0.1, 0.15) is 0 Å². The Balaban J connectivity index is 3.51. The maximum absolute atomic E-state index is 9.35. The largest absolute Gasteiger partial charge is 0.389 e. The van der Waals surface area contributed by atoms with Gasteiger partial charge >= 0.3 is 0 Å². The molecule has 0 spiro atoms. The van der Waals surface area contributed by atoms with Crippen LogP contribution >= 0.6 is 0 Å². The molecule has 0 aliphatic heterocycles. The van der Waals surface area contributed by atoms with Crippen LogP contribution in [0.4, 0.5) is 0 Å². The fourth-order valence-corrected chi connectivity index (χ4v) is 1.16. The maximum Gasteiger partial charge on any atom is 0.169 e. The number of aliphatic hydroxyl groups is 1. The molecule has 1 unspecified atom stereocenters. The zero-order chi connectivity index (χ0) is 11.5. The van der Waals surface area contributed by atoms with Crippen LogP contribution in [0.2, 0.25) is 0 Å². The number of methoxy groups -OCH3 is 1. The normalized spacial score (nSPS) is 13.4. The highest BCUT2D eigenvalue weighted by Gasteiger charge is 2.08. The molecule has 0 aromatic heterocycles. The van der Waals surface area contributed by atoms with Gasteiger partial charge in [0.25, 0.3) is 0 Å². The van der Waals surface area contributed by atoms with Gasteiger partial charge < -0.3 is 24.6 Å². The average Bonchev–Trinajstić information content (AvgIpc) is 2.19. The molecular formula is C10H23NO4. The van der Waals surface area contributed by atoms with Crippen molar-refractivity contribution in [3.05, 3.63) is 0 Å². The van der Waals surface area contributed by atoms with Gasteiger partial charge in [-0.3, -0.25) is 0 Å². The highest BCUT2D eigenvalue weighted by atomic mass is 16.7. The van der Waals surface area contributed by atoms with Crippen molar-refractivity contribution in [2.75, 3.05) is 40.0 Å². The molecule has 15 heavy (non-hydrogen) atoms. The third-order valence-corrected chi connectivity index (χ3v) is 1.76. The molecule has 0 amide bonds. The van der Waals surface area contributed by atoms with Crippen molar-refractivity contribution in [1.82, 2.24) is 5.32 Å². The van der Waals surface area contributed by atoms with E-state index in [9.17, 15) is 5.11 Å². The topological polar surface area (TPSA) is 60.0 Å². The summed E-state index contributed by atoms with van der Waals surface area (Å²) in [7, 11) is 1.56. The van der Waals surface area contributed by atoms with Gasteiger partial charge in [-0.1, -0.05) is 0 Å². The number of ether oxygens (including phenoxy) is 3. The van der Waals surface area contributed by atoms with Crippen molar-refractivity contribution in [2.24, 2.45) is 0 Å². The molecule has 0 heterocycles. The Kier molecular flexibility index (Phi) is 10.2. The predicted molar refractivity (Wildman–Crippen MR) is 57.8 cm³/mol. The van der Waals surface area contributed by atoms with E-state index in [1.807, 2.05) is 13.8 Å².